The van der Waals surface area contributed by atoms with Gasteiger partial charge < -0.3 is 24.2 Å². The number of aliphatic hydroxyl groups excluding tert-OH is 1. The van der Waals surface area contributed by atoms with E-state index in [9.17, 15) is 28.9 Å². The van der Waals surface area contributed by atoms with Gasteiger partial charge in [0.1, 0.15) is 12.7 Å². The van der Waals surface area contributed by atoms with Crippen LogP contribution >= 0.6 is 7.82 Å². The van der Waals surface area contributed by atoms with Crippen molar-refractivity contribution in [1.82, 2.24) is 0 Å². The van der Waals surface area contributed by atoms with Crippen molar-refractivity contribution in [1.29, 1.82) is 0 Å². The second-order valence-corrected chi connectivity index (χ2v) is 21.6. The Bertz CT molecular complexity index is 1470. The van der Waals surface area contributed by atoms with E-state index in [0.29, 0.717) is 19.3 Å². The number of unbranched alkanes of at least 4 members (excludes halogenated alkanes) is 29. The molecule has 0 aromatic carbocycles. The lowest BCUT2D eigenvalue weighted by Crippen LogP contribution is -2.30. The van der Waals surface area contributed by atoms with Crippen molar-refractivity contribution < 1.29 is 52.2 Å². The SMILES string of the molecule is CC/C=C\C/C=C\C/C=C\CCCCCCCC(=O)OCC(COP(=O)(O)OCC(CO)OC(=O)CCCCCCC/C=C\C/C=C\CCC)OC(=O)CCCCCCCCCCCCCCCCCCCCC. The van der Waals surface area contributed by atoms with Crippen molar-refractivity contribution >= 4 is 25.7 Å². The van der Waals surface area contributed by atoms with Gasteiger partial charge in [-0.3, -0.25) is 23.4 Å². The molecule has 0 saturated carbocycles. The predicted molar refractivity (Wildman–Crippen MR) is 307 cm³/mol. The fraction of sp³-hybridized carbons (Fsp3) is 0.790. The van der Waals surface area contributed by atoms with Gasteiger partial charge in [0.15, 0.2) is 6.10 Å². The van der Waals surface area contributed by atoms with Crippen LogP contribution in [0.15, 0.2) is 60.8 Å². The maximum Gasteiger partial charge on any atom is 0.472 e. The van der Waals surface area contributed by atoms with E-state index in [2.05, 4.69) is 81.5 Å². The number of hydrogen-bond donors (Lipinski definition) is 2. The molecule has 0 aliphatic carbocycles. The molecule has 0 aromatic rings. The fourth-order valence-corrected chi connectivity index (χ4v) is 9.14. The van der Waals surface area contributed by atoms with Crippen molar-refractivity contribution in [3.05, 3.63) is 60.8 Å². The van der Waals surface area contributed by atoms with Crippen LogP contribution in [0.5, 0.6) is 0 Å². The number of allylic oxidation sites excluding steroid dienone is 10. The molecule has 0 heterocycles. The third-order valence-electron chi connectivity index (χ3n) is 12.9. The van der Waals surface area contributed by atoms with Gasteiger partial charge >= 0.3 is 25.7 Å². The summed E-state index contributed by atoms with van der Waals surface area (Å²) >= 11 is 0. The minimum atomic E-state index is -4.75. The predicted octanol–water partition coefficient (Wildman–Crippen LogP) is 17.9. The zero-order valence-electron chi connectivity index (χ0n) is 47.6. The van der Waals surface area contributed by atoms with Gasteiger partial charge in [0.2, 0.25) is 0 Å². The number of carbonyl (C=O) groups is 3. The van der Waals surface area contributed by atoms with E-state index in [-0.39, 0.29) is 25.9 Å². The van der Waals surface area contributed by atoms with Crippen molar-refractivity contribution in [2.75, 3.05) is 26.4 Å². The number of hydrogen-bond acceptors (Lipinski definition) is 10. The first-order chi connectivity index (χ1) is 36.2. The first-order valence-electron chi connectivity index (χ1n) is 30.2. The topological polar surface area (TPSA) is 155 Å². The Kier molecular flexibility index (Phi) is 54.2. The second kappa shape index (κ2) is 56.4. The second-order valence-electron chi connectivity index (χ2n) is 20.1. The summed E-state index contributed by atoms with van der Waals surface area (Å²) in [7, 11) is -4.75. The number of carbonyl (C=O) groups excluding carboxylic acids is 3. The van der Waals surface area contributed by atoms with Crippen LogP contribution in [0.3, 0.4) is 0 Å². The van der Waals surface area contributed by atoms with Crippen molar-refractivity contribution in [3.63, 3.8) is 0 Å². The summed E-state index contributed by atoms with van der Waals surface area (Å²) in [4.78, 5) is 48.6. The summed E-state index contributed by atoms with van der Waals surface area (Å²) < 4.78 is 39.6. The van der Waals surface area contributed by atoms with Gasteiger partial charge in [0.05, 0.1) is 19.8 Å². The van der Waals surface area contributed by atoms with Crippen LogP contribution in [0.4, 0.5) is 0 Å². The Morgan fingerprint density at radius 2 is 0.730 bits per heavy atom. The maximum absolute atomic E-state index is 12.9. The highest BCUT2D eigenvalue weighted by molar-refractivity contribution is 7.47. The van der Waals surface area contributed by atoms with E-state index in [1.165, 1.54) is 103 Å². The fourth-order valence-electron chi connectivity index (χ4n) is 8.35. The quantitative estimate of drug-likeness (QED) is 0.0197. The molecule has 0 spiro atoms. The van der Waals surface area contributed by atoms with Crippen molar-refractivity contribution in [2.24, 2.45) is 0 Å². The van der Waals surface area contributed by atoms with Crippen LogP contribution in [0.2, 0.25) is 0 Å². The van der Waals surface area contributed by atoms with Gasteiger partial charge in [0, 0.05) is 19.3 Å². The summed E-state index contributed by atoms with van der Waals surface area (Å²) in [6.07, 6.45) is 61.8. The Morgan fingerprint density at radius 3 is 1.14 bits per heavy atom. The summed E-state index contributed by atoms with van der Waals surface area (Å²) in [5, 5.41) is 9.81. The molecule has 0 rings (SSSR count). The lowest BCUT2D eigenvalue weighted by molar-refractivity contribution is -0.161. The van der Waals surface area contributed by atoms with Gasteiger partial charge in [-0.05, 0) is 77.0 Å². The molecular formula is C62H111O11P. The van der Waals surface area contributed by atoms with Crippen LogP contribution in [0.25, 0.3) is 0 Å². The molecule has 430 valence electrons. The summed E-state index contributed by atoms with van der Waals surface area (Å²) in [5.74, 6) is -1.49. The largest absolute Gasteiger partial charge is 0.472 e. The molecule has 0 aliphatic rings. The number of esters is 3. The first-order valence-corrected chi connectivity index (χ1v) is 31.7. The first kappa shape index (κ1) is 71.2. The lowest BCUT2D eigenvalue weighted by atomic mass is 10.0. The van der Waals surface area contributed by atoms with E-state index in [1.54, 1.807) is 0 Å². The van der Waals surface area contributed by atoms with Crippen LogP contribution < -0.4 is 0 Å². The summed E-state index contributed by atoms with van der Waals surface area (Å²) in [5.41, 5.74) is 0. The van der Waals surface area contributed by atoms with E-state index in [0.717, 1.165) is 116 Å². The maximum atomic E-state index is 12.9. The highest BCUT2D eigenvalue weighted by Crippen LogP contribution is 2.43. The van der Waals surface area contributed by atoms with Crippen molar-refractivity contribution in [3.8, 4) is 0 Å². The summed E-state index contributed by atoms with van der Waals surface area (Å²) in [6.45, 7) is 4.47. The molecule has 0 bridgehead atoms. The molecular weight excluding hydrogens is 952 g/mol. The monoisotopic (exact) mass is 1060 g/mol. The van der Waals surface area contributed by atoms with Gasteiger partial charge in [-0.2, -0.15) is 0 Å². The van der Waals surface area contributed by atoms with Crippen LogP contribution in [0.1, 0.15) is 278 Å². The van der Waals surface area contributed by atoms with Crippen molar-refractivity contribution in [2.45, 2.75) is 290 Å². The Morgan fingerprint density at radius 1 is 0.392 bits per heavy atom. The number of phosphoric ester groups is 1. The number of ether oxygens (including phenoxy) is 3. The molecule has 0 amide bonds. The third kappa shape index (κ3) is 54.0. The molecule has 11 nitrogen and oxygen atoms in total. The van der Waals surface area contributed by atoms with E-state index >= 15 is 0 Å². The number of aliphatic hydroxyl groups is 1. The molecule has 74 heavy (non-hydrogen) atoms. The van der Waals surface area contributed by atoms with Gasteiger partial charge in [-0.1, -0.05) is 242 Å². The van der Waals surface area contributed by atoms with E-state index < -0.39 is 57.8 Å². The zero-order valence-corrected chi connectivity index (χ0v) is 48.5. The molecule has 0 fully saturated rings. The lowest BCUT2D eigenvalue weighted by Gasteiger charge is -2.21. The van der Waals surface area contributed by atoms with Gasteiger partial charge in [-0.15, -0.1) is 0 Å². The molecule has 0 aromatic heterocycles. The highest BCUT2D eigenvalue weighted by atomic mass is 31.2. The van der Waals surface area contributed by atoms with Crippen LogP contribution in [-0.4, -0.2) is 66.5 Å². The van der Waals surface area contributed by atoms with Crippen LogP contribution in [0, 0.1) is 0 Å². The Balaban J connectivity index is 4.71. The average molecular weight is 1060 g/mol. The zero-order chi connectivity index (χ0) is 54.1. The molecule has 12 heteroatoms. The van der Waals surface area contributed by atoms with Gasteiger partial charge in [-0.25, -0.2) is 4.57 Å². The smallest absolute Gasteiger partial charge is 0.462 e. The standard InChI is InChI=1S/C62H111O11P/c1-4-7-10-13-16-19-22-25-27-28-29-30-32-35-38-41-44-47-50-53-62(66)73-59(55-69-60(64)51-48-45-42-39-36-34-31-26-23-20-17-14-11-8-5-2)57-71-74(67,68)70-56-58(54-63)72-61(65)52-49-46-43-40-37-33-24-21-18-15-12-9-6-3/h8,11-12,15,17,20-21,24,26,31,58-59,63H,4-7,9-10,13-14,16,18-19,22-23,25,27-30,32-57H2,1-3H3,(H,67,68)/b11-8-,15-12-,20-17-,24-21-,31-26-. The summed E-state index contributed by atoms with van der Waals surface area (Å²) in [6, 6.07) is 0. The molecule has 3 unspecified atom stereocenters. The van der Waals surface area contributed by atoms with Gasteiger partial charge in [0.25, 0.3) is 0 Å². The molecule has 3 atom stereocenters. The number of rotatable bonds is 56. The minimum Gasteiger partial charge on any atom is -0.462 e. The molecule has 2 N–H and O–H groups in total. The van der Waals surface area contributed by atoms with E-state index in [1.807, 2.05) is 0 Å². The molecule has 0 aliphatic heterocycles. The third-order valence-corrected chi connectivity index (χ3v) is 13.9. The molecule has 0 radical (unpaired) electrons. The minimum absolute atomic E-state index is 0.160. The Labute approximate surface area is 453 Å². The van der Waals surface area contributed by atoms with Crippen LogP contribution in [-0.2, 0) is 42.2 Å². The normalized spacial score (nSPS) is 13.7. The molecule has 0 saturated heterocycles. The average Bonchev–Trinajstić information content (AvgIpc) is 3.39. The number of phosphoric acid groups is 1. The van der Waals surface area contributed by atoms with E-state index in [4.69, 9.17) is 23.3 Å². The Hall–Kier alpha value is -2.82. The highest BCUT2D eigenvalue weighted by Gasteiger charge is 2.28.